The molecular weight excluding hydrogens is 1170 g/mol. The van der Waals surface area contributed by atoms with Crippen molar-refractivity contribution >= 4 is 19.8 Å². The van der Waals surface area contributed by atoms with Crippen LogP contribution in [0.3, 0.4) is 0 Å². The van der Waals surface area contributed by atoms with Crippen molar-refractivity contribution in [3.63, 3.8) is 0 Å². The monoisotopic (exact) mass is 1300 g/mol. The second kappa shape index (κ2) is 75.9. The lowest BCUT2D eigenvalue weighted by molar-refractivity contribution is -0.161. The fraction of sp³-hybridized carbons (Fsp3) is 0.590. The van der Waals surface area contributed by atoms with Crippen LogP contribution >= 0.6 is 7.82 Å². The number of phosphoric ester groups is 1. The van der Waals surface area contributed by atoms with E-state index in [1.807, 2.05) is 0 Å². The second-order valence-corrected chi connectivity index (χ2v) is 25.1. The van der Waals surface area contributed by atoms with Gasteiger partial charge in [0, 0.05) is 19.4 Å². The smallest absolute Gasteiger partial charge is 0.462 e. The van der Waals surface area contributed by atoms with Gasteiger partial charge in [0.25, 0.3) is 0 Å². The number of phosphoric acid groups is 1. The Morgan fingerprint density at radius 3 is 0.828 bits per heavy atom. The Labute approximate surface area is 570 Å². The lowest BCUT2D eigenvalue weighted by Crippen LogP contribution is -2.29. The molecule has 10 heteroatoms. The van der Waals surface area contributed by atoms with Gasteiger partial charge in [-0.15, -0.1) is 0 Å². The molecule has 0 aliphatic heterocycles. The van der Waals surface area contributed by atoms with Gasteiger partial charge in [0.05, 0.1) is 13.2 Å². The molecular formula is C83H134NO8P. The molecule has 0 aliphatic rings. The molecule has 0 amide bonds. The molecule has 0 aromatic rings. The summed E-state index contributed by atoms with van der Waals surface area (Å²) in [4.78, 5) is 35.4. The van der Waals surface area contributed by atoms with Gasteiger partial charge in [-0.05, 0) is 141 Å². The maximum atomic E-state index is 12.8. The number of ether oxygens (including phenoxy) is 2. The van der Waals surface area contributed by atoms with E-state index in [-0.39, 0.29) is 38.6 Å². The molecule has 0 bridgehead atoms. The molecule has 93 heavy (non-hydrogen) atoms. The molecule has 0 aromatic heterocycles. The van der Waals surface area contributed by atoms with Crippen molar-refractivity contribution in [2.45, 2.75) is 290 Å². The molecule has 3 N–H and O–H groups in total. The fourth-order valence-electron chi connectivity index (χ4n) is 9.61. The van der Waals surface area contributed by atoms with Gasteiger partial charge in [-0.2, -0.15) is 0 Å². The van der Waals surface area contributed by atoms with Crippen LogP contribution < -0.4 is 5.73 Å². The SMILES string of the molecule is CC/C=C\C/C=C\C/C=C\C/C=C\C/C=C\C/C=C\C/C=C\C/C=C\C/C=C\C/C=C\CCCCCCCCCCC(=O)OC(COC(=O)CCCCCCCCCCCCCCCC/C=C\C/C=C\C/C=C\C/C=C\C/C=C\C/C=C\CC)COP(=O)(O)OCCN. The number of esters is 2. The van der Waals surface area contributed by atoms with Crippen LogP contribution in [0.5, 0.6) is 0 Å². The highest BCUT2D eigenvalue weighted by atomic mass is 31.2. The van der Waals surface area contributed by atoms with Gasteiger partial charge in [-0.3, -0.25) is 18.6 Å². The first-order valence-corrected chi connectivity index (χ1v) is 38.4. The van der Waals surface area contributed by atoms with Crippen LogP contribution in [0.25, 0.3) is 0 Å². The van der Waals surface area contributed by atoms with E-state index in [2.05, 4.69) is 208 Å². The van der Waals surface area contributed by atoms with Gasteiger partial charge in [-0.1, -0.05) is 324 Å². The molecule has 2 atom stereocenters. The van der Waals surface area contributed by atoms with Gasteiger partial charge in [0.15, 0.2) is 6.10 Å². The van der Waals surface area contributed by atoms with E-state index in [4.69, 9.17) is 24.3 Å². The standard InChI is InChI=1S/C83H134NO8P/c1-3-5-7-9-11-13-15-17-19-21-23-25-27-29-31-33-35-37-38-39-40-41-42-44-46-48-50-52-54-56-58-60-62-64-66-68-70-72-74-76-83(86)92-81(80-91-93(87,88)90-78-77-84)79-89-82(85)75-73-71-69-67-65-63-61-59-57-55-53-51-49-47-45-43-36-34-32-30-28-26-24-22-20-18-16-14-12-10-8-6-4-2/h5-8,11-14,17-20,23-26,29-32,35-37,39-40,42-44,48,50,54,56,81H,3-4,9-10,15-16,21-22,27-28,33-34,38,41,45-47,49,51-53,55,57-80,84H2,1-2H3,(H,87,88)/b7-5-,8-6-,13-11-,14-12-,19-17-,20-18-,25-23-,26-24-,31-29-,32-30-,37-35-,40-39-,43-36-,44-42-,50-48-,56-54-. The number of rotatable bonds is 67. The Hall–Kier alpha value is -5.15. The number of hydrogen-bond acceptors (Lipinski definition) is 8. The van der Waals surface area contributed by atoms with Crippen LogP contribution in [-0.4, -0.2) is 49.3 Å². The average molecular weight is 1300 g/mol. The summed E-state index contributed by atoms with van der Waals surface area (Å²) in [6.45, 7) is 3.50. The maximum absolute atomic E-state index is 12.8. The van der Waals surface area contributed by atoms with Gasteiger partial charge in [-0.25, -0.2) is 4.57 Å². The lowest BCUT2D eigenvalue weighted by Gasteiger charge is -2.19. The molecule has 0 aromatic carbocycles. The van der Waals surface area contributed by atoms with E-state index in [0.717, 1.165) is 148 Å². The quantitative estimate of drug-likeness (QED) is 0.0264. The van der Waals surface area contributed by atoms with E-state index in [1.54, 1.807) is 0 Å². The van der Waals surface area contributed by atoms with Crippen molar-refractivity contribution in [2.24, 2.45) is 5.73 Å². The van der Waals surface area contributed by atoms with E-state index in [0.29, 0.717) is 6.42 Å². The van der Waals surface area contributed by atoms with Crippen LogP contribution in [0, 0.1) is 0 Å². The summed E-state index contributed by atoms with van der Waals surface area (Å²) in [5.74, 6) is -0.845. The fourth-order valence-corrected chi connectivity index (χ4v) is 10.4. The first-order chi connectivity index (χ1) is 45.8. The predicted molar refractivity (Wildman–Crippen MR) is 403 cm³/mol. The van der Waals surface area contributed by atoms with Crippen LogP contribution in [0.15, 0.2) is 194 Å². The van der Waals surface area contributed by atoms with E-state index in [9.17, 15) is 19.0 Å². The molecule has 0 saturated carbocycles. The summed E-state index contributed by atoms with van der Waals surface area (Å²) in [6.07, 6.45) is 115. The van der Waals surface area contributed by atoms with Gasteiger partial charge in [0.1, 0.15) is 6.61 Å². The topological polar surface area (TPSA) is 134 Å². The normalized spacial score (nSPS) is 14.1. The van der Waals surface area contributed by atoms with Gasteiger partial charge >= 0.3 is 19.8 Å². The van der Waals surface area contributed by atoms with Crippen molar-refractivity contribution in [1.29, 1.82) is 0 Å². The summed E-state index contributed by atoms with van der Waals surface area (Å²) in [5, 5.41) is 0. The second-order valence-electron chi connectivity index (χ2n) is 23.7. The average Bonchev–Trinajstić information content (AvgIpc) is 3.60. The number of unbranched alkanes of at least 4 members (excludes halogenated alkanes) is 22. The largest absolute Gasteiger partial charge is 0.472 e. The highest BCUT2D eigenvalue weighted by Crippen LogP contribution is 2.43. The highest BCUT2D eigenvalue weighted by Gasteiger charge is 2.26. The molecule has 0 rings (SSSR count). The number of nitrogens with two attached hydrogens (primary N) is 1. The number of hydrogen-bond donors (Lipinski definition) is 2. The zero-order valence-electron chi connectivity index (χ0n) is 58.9. The minimum Gasteiger partial charge on any atom is -0.462 e. The molecule has 9 nitrogen and oxygen atoms in total. The minimum atomic E-state index is -4.41. The molecule has 524 valence electrons. The van der Waals surface area contributed by atoms with E-state index < -0.39 is 26.5 Å². The zero-order valence-corrected chi connectivity index (χ0v) is 59.8. The van der Waals surface area contributed by atoms with Gasteiger partial charge in [0.2, 0.25) is 0 Å². The zero-order chi connectivity index (χ0) is 67.2. The van der Waals surface area contributed by atoms with Crippen LogP contribution in [0.1, 0.15) is 284 Å². The molecule has 0 radical (unpaired) electrons. The molecule has 0 saturated heterocycles. The molecule has 0 spiro atoms. The van der Waals surface area contributed by atoms with Crippen LogP contribution in [0.2, 0.25) is 0 Å². The Bertz CT molecular complexity index is 2230. The van der Waals surface area contributed by atoms with Crippen molar-refractivity contribution in [2.75, 3.05) is 26.4 Å². The first kappa shape index (κ1) is 87.9. The number of carbonyl (C=O) groups excluding carboxylic acids is 2. The van der Waals surface area contributed by atoms with Gasteiger partial charge < -0.3 is 20.1 Å². The Morgan fingerprint density at radius 2 is 0.559 bits per heavy atom. The Balaban J connectivity index is 3.96. The van der Waals surface area contributed by atoms with E-state index in [1.165, 1.54) is 103 Å². The Kier molecular flexibility index (Phi) is 71.7. The molecule has 0 aliphatic carbocycles. The minimum absolute atomic E-state index is 0.0431. The molecule has 0 heterocycles. The third-order valence-electron chi connectivity index (χ3n) is 15.0. The number of allylic oxidation sites excluding steroid dienone is 32. The van der Waals surface area contributed by atoms with Crippen molar-refractivity contribution < 1.29 is 37.6 Å². The summed E-state index contributed by atoms with van der Waals surface area (Å²) in [5.41, 5.74) is 5.41. The predicted octanol–water partition coefficient (Wildman–Crippen LogP) is 24.9. The van der Waals surface area contributed by atoms with Crippen molar-refractivity contribution in [3.05, 3.63) is 194 Å². The summed E-state index contributed by atoms with van der Waals surface area (Å²) in [6, 6.07) is 0. The molecule has 2 unspecified atom stereocenters. The third-order valence-corrected chi connectivity index (χ3v) is 16.0. The molecule has 0 fully saturated rings. The lowest BCUT2D eigenvalue weighted by atomic mass is 10.0. The summed E-state index contributed by atoms with van der Waals surface area (Å²) in [7, 11) is -4.41. The third kappa shape index (κ3) is 75.8. The van der Waals surface area contributed by atoms with Crippen molar-refractivity contribution in [1.82, 2.24) is 0 Å². The number of carbonyl (C=O) groups is 2. The maximum Gasteiger partial charge on any atom is 0.472 e. The summed E-state index contributed by atoms with van der Waals surface area (Å²) < 4.78 is 33.2. The van der Waals surface area contributed by atoms with E-state index >= 15 is 0 Å². The Morgan fingerprint density at radius 1 is 0.323 bits per heavy atom. The van der Waals surface area contributed by atoms with Crippen LogP contribution in [-0.2, 0) is 32.7 Å². The van der Waals surface area contributed by atoms with Crippen LogP contribution in [0.4, 0.5) is 0 Å². The first-order valence-electron chi connectivity index (χ1n) is 36.9. The highest BCUT2D eigenvalue weighted by molar-refractivity contribution is 7.47. The summed E-state index contributed by atoms with van der Waals surface area (Å²) >= 11 is 0. The van der Waals surface area contributed by atoms with Crippen molar-refractivity contribution in [3.8, 4) is 0 Å².